The van der Waals surface area contributed by atoms with Crippen molar-refractivity contribution in [3.63, 3.8) is 0 Å². The zero-order valence-corrected chi connectivity index (χ0v) is 17.4. The minimum Gasteiger partial charge on any atom is -0.357 e. The second kappa shape index (κ2) is 10.4. The van der Waals surface area contributed by atoms with E-state index in [0.29, 0.717) is 5.92 Å². The van der Waals surface area contributed by atoms with Crippen molar-refractivity contribution in [2.24, 2.45) is 4.99 Å². The molecule has 7 heteroatoms. The van der Waals surface area contributed by atoms with Crippen molar-refractivity contribution in [3.05, 3.63) is 34.0 Å². The van der Waals surface area contributed by atoms with Gasteiger partial charge in [0, 0.05) is 44.9 Å². The molecule has 3 heterocycles. The Morgan fingerprint density at radius 3 is 3.04 bits per heavy atom. The molecule has 0 saturated heterocycles. The summed E-state index contributed by atoms with van der Waals surface area (Å²) in [5.41, 5.74) is 1.37. The molecule has 0 radical (unpaired) electrons. The SMILES string of the molecule is CCNC(=NCC(C)c1ccsc1)NCCCc1nnc2n1CCCCC2. The summed E-state index contributed by atoms with van der Waals surface area (Å²) in [6.45, 7) is 7.97. The first kappa shape index (κ1) is 19.9. The molecule has 2 aromatic heterocycles. The van der Waals surface area contributed by atoms with E-state index in [1.807, 2.05) is 0 Å². The Kier molecular flexibility index (Phi) is 7.68. The van der Waals surface area contributed by atoms with E-state index in [4.69, 9.17) is 4.99 Å². The lowest BCUT2D eigenvalue weighted by molar-refractivity contribution is 0.593. The van der Waals surface area contributed by atoms with Crippen molar-refractivity contribution in [3.8, 4) is 0 Å². The molecule has 2 N–H and O–H groups in total. The zero-order chi connectivity index (χ0) is 18.9. The summed E-state index contributed by atoms with van der Waals surface area (Å²) in [5, 5.41) is 20.0. The van der Waals surface area contributed by atoms with Gasteiger partial charge in [-0.05, 0) is 48.6 Å². The van der Waals surface area contributed by atoms with Gasteiger partial charge in [0.15, 0.2) is 5.96 Å². The third kappa shape index (κ3) is 5.79. The molecule has 0 aliphatic carbocycles. The number of nitrogens with one attached hydrogen (secondary N) is 2. The van der Waals surface area contributed by atoms with Gasteiger partial charge in [0.25, 0.3) is 0 Å². The Balaban J connectivity index is 1.45. The fourth-order valence-electron chi connectivity index (χ4n) is 3.41. The number of rotatable bonds is 8. The maximum absolute atomic E-state index is 4.75. The summed E-state index contributed by atoms with van der Waals surface area (Å²) in [4.78, 5) is 4.75. The lowest BCUT2D eigenvalue weighted by atomic mass is 10.1. The molecule has 0 saturated carbocycles. The van der Waals surface area contributed by atoms with Gasteiger partial charge in [0.1, 0.15) is 11.6 Å². The summed E-state index contributed by atoms with van der Waals surface area (Å²) < 4.78 is 2.34. The maximum Gasteiger partial charge on any atom is 0.191 e. The third-order valence-corrected chi connectivity index (χ3v) is 5.74. The van der Waals surface area contributed by atoms with Crippen molar-refractivity contribution in [2.45, 2.75) is 64.8 Å². The maximum atomic E-state index is 4.75. The van der Waals surface area contributed by atoms with E-state index in [9.17, 15) is 0 Å². The normalized spacial score (nSPS) is 15.9. The molecule has 1 unspecified atom stereocenters. The van der Waals surface area contributed by atoms with Crippen molar-refractivity contribution < 1.29 is 0 Å². The Labute approximate surface area is 166 Å². The molecular weight excluding hydrogens is 356 g/mol. The fourth-order valence-corrected chi connectivity index (χ4v) is 4.20. The molecule has 27 heavy (non-hydrogen) atoms. The van der Waals surface area contributed by atoms with Gasteiger partial charge in [-0.25, -0.2) is 0 Å². The van der Waals surface area contributed by atoms with Gasteiger partial charge < -0.3 is 15.2 Å². The van der Waals surface area contributed by atoms with Crippen LogP contribution in [0.2, 0.25) is 0 Å². The molecule has 2 aromatic rings. The van der Waals surface area contributed by atoms with Gasteiger partial charge in [-0.1, -0.05) is 13.3 Å². The zero-order valence-electron chi connectivity index (χ0n) is 16.6. The van der Waals surface area contributed by atoms with E-state index in [-0.39, 0.29) is 0 Å². The molecule has 0 bridgehead atoms. The number of aromatic nitrogens is 3. The summed E-state index contributed by atoms with van der Waals surface area (Å²) in [6, 6.07) is 2.19. The summed E-state index contributed by atoms with van der Waals surface area (Å²) in [5.74, 6) is 3.66. The van der Waals surface area contributed by atoms with Crippen LogP contribution in [0.15, 0.2) is 21.8 Å². The predicted octanol–water partition coefficient (Wildman–Crippen LogP) is 3.36. The Bertz CT molecular complexity index is 706. The van der Waals surface area contributed by atoms with E-state index in [1.165, 1.54) is 30.7 Å². The highest BCUT2D eigenvalue weighted by atomic mass is 32.1. The largest absolute Gasteiger partial charge is 0.357 e. The summed E-state index contributed by atoms with van der Waals surface area (Å²) in [7, 11) is 0. The quantitative estimate of drug-likeness (QED) is 0.413. The molecule has 3 rings (SSSR count). The average Bonchev–Trinajstić information content (AvgIpc) is 3.28. The van der Waals surface area contributed by atoms with Crippen LogP contribution in [0.4, 0.5) is 0 Å². The number of hydrogen-bond acceptors (Lipinski definition) is 4. The van der Waals surface area contributed by atoms with Crippen LogP contribution < -0.4 is 10.6 Å². The van der Waals surface area contributed by atoms with Crippen LogP contribution in [-0.4, -0.2) is 40.4 Å². The second-order valence-corrected chi connectivity index (χ2v) is 7.98. The number of aryl methyl sites for hydroxylation is 2. The van der Waals surface area contributed by atoms with Crippen molar-refractivity contribution in [1.29, 1.82) is 0 Å². The standard InChI is InChI=1S/C20H32N6S/c1-3-21-20(23-14-16(2)17-10-13-27-15-17)22-11-7-9-19-25-24-18-8-5-4-6-12-26(18)19/h10,13,15-16H,3-9,11-12,14H2,1-2H3,(H2,21,22,23). The van der Waals surface area contributed by atoms with E-state index in [2.05, 4.69) is 56.1 Å². The third-order valence-electron chi connectivity index (χ3n) is 5.04. The van der Waals surface area contributed by atoms with Gasteiger partial charge in [-0.2, -0.15) is 11.3 Å². The molecule has 1 aliphatic rings. The highest BCUT2D eigenvalue weighted by Gasteiger charge is 2.14. The number of guanidine groups is 1. The monoisotopic (exact) mass is 388 g/mol. The number of thiophene rings is 1. The smallest absolute Gasteiger partial charge is 0.191 e. The topological polar surface area (TPSA) is 67.1 Å². The van der Waals surface area contributed by atoms with E-state index in [0.717, 1.165) is 57.2 Å². The molecule has 0 aromatic carbocycles. The number of fused-ring (bicyclic) bond motifs is 1. The number of hydrogen-bond donors (Lipinski definition) is 2. The second-order valence-electron chi connectivity index (χ2n) is 7.20. The van der Waals surface area contributed by atoms with Crippen LogP contribution in [0.5, 0.6) is 0 Å². The first-order chi connectivity index (χ1) is 13.3. The highest BCUT2D eigenvalue weighted by molar-refractivity contribution is 7.07. The van der Waals surface area contributed by atoms with E-state index < -0.39 is 0 Å². The predicted molar refractivity (Wildman–Crippen MR) is 113 cm³/mol. The fraction of sp³-hybridized carbons (Fsp3) is 0.650. The Morgan fingerprint density at radius 1 is 1.30 bits per heavy atom. The molecule has 1 atom stereocenters. The molecule has 1 aliphatic heterocycles. The lowest BCUT2D eigenvalue weighted by Gasteiger charge is -2.13. The minimum absolute atomic E-state index is 0.443. The van der Waals surface area contributed by atoms with Crippen LogP contribution in [0, 0.1) is 0 Å². The Morgan fingerprint density at radius 2 is 2.22 bits per heavy atom. The number of aliphatic imine (C=N–C) groups is 1. The lowest BCUT2D eigenvalue weighted by Crippen LogP contribution is -2.38. The van der Waals surface area contributed by atoms with Gasteiger partial charge in [-0.15, -0.1) is 10.2 Å². The first-order valence-corrected chi connectivity index (χ1v) is 11.2. The minimum atomic E-state index is 0.443. The first-order valence-electron chi connectivity index (χ1n) is 10.2. The van der Waals surface area contributed by atoms with Crippen molar-refractivity contribution in [2.75, 3.05) is 19.6 Å². The molecule has 0 fully saturated rings. The van der Waals surface area contributed by atoms with Crippen molar-refractivity contribution >= 4 is 17.3 Å². The Hall–Kier alpha value is -1.89. The molecule has 0 amide bonds. The molecular formula is C20H32N6S. The van der Waals surface area contributed by atoms with E-state index >= 15 is 0 Å². The average molecular weight is 389 g/mol. The summed E-state index contributed by atoms with van der Waals surface area (Å²) >= 11 is 1.75. The van der Waals surface area contributed by atoms with Crippen LogP contribution in [0.3, 0.4) is 0 Å². The van der Waals surface area contributed by atoms with Gasteiger partial charge in [0.2, 0.25) is 0 Å². The molecule has 0 spiro atoms. The van der Waals surface area contributed by atoms with Gasteiger partial charge in [-0.3, -0.25) is 4.99 Å². The van der Waals surface area contributed by atoms with Gasteiger partial charge in [0.05, 0.1) is 0 Å². The van der Waals surface area contributed by atoms with Crippen LogP contribution in [0.1, 0.15) is 62.7 Å². The summed E-state index contributed by atoms with van der Waals surface area (Å²) in [6.07, 6.45) is 6.86. The van der Waals surface area contributed by atoms with Crippen LogP contribution in [0.25, 0.3) is 0 Å². The molecule has 6 nitrogen and oxygen atoms in total. The van der Waals surface area contributed by atoms with E-state index in [1.54, 1.807) is 11.3 Å². The molecule has 148 valence electrons. The van der Waals surface area contributed by atoms with Crippen LogP contribution >= 0.6 is 11.3 Å². The number of nitrogens with zero attached hydrogens (tertiary/aromatic N) is 4. The van der Waals surface area contributed by atoms with Gasteiger partial charge >= 0.3 is 0 Å². The van der Waals surface area contributed by atoms with Crippen molar-refractivity contribution in [1.82, 2.24) is 25.4 Å². The van der Waals surface area contributed by atoms with Crippen LogP contribution in [-0.2, 0) is 19.4 Å². The highest BCUT2D eigenvalue weighted by Crippen LogP contribution is 2.18.